The van der Waals surface area contributed by atoms with Crippen LogP contribution in [-0.4, -0.2) is 46.7 Å². The van der Waals surface area contributed by atoms with Crippen LogP contribution < -0.4 is 10.2 Å². The zero-order chi connectivity index (χ0) is 18.9. The summed E-state index contributed by atoms with van der Waals surface area (Å²) < 4.78 is 51.0. The van der Waals surface area contributed by atoms with Crippen LogP contribution in [0.2, 0.25) is 0 Å². The molecule has 1 N–H and O–H groups in total. The molecule has 0 aliphatic carbocycles. The Bertz CT molecular complexity index is 802. The van der Waals surface area contributed by atoms with Crippen LogP contribution >= 0.6 is 12.4 Å². The predicted molar refractivity (Wildman–Crippen MR) is 92.2 cm³/mol. The maximum Gasteiger partial charge on any atom is 0.433 e. The van der Waals surface area contributed by atoms with Crippen molar-refractivity contribution in [3.05, 3.63) is 36.3 Å². The topological polar surface area (TPSA) is 71.0 Å². The Morgan fingerprint density at radius 1 is 1.26 bits per heavy atom. The van der Waals surface area contributed by atoms with Gasteiger partial charge >= 0.3 is 6.18 Å². The normalized spacial score (nSPS) is 19.4. The highest BCUT2D eigenvalue weighted by atomic mass is 35.5. The van der Waals surface area contributed by atoms with E-state index in [9.17, 15) is 22.4 Å². The second-order valence-corrected chi connectivity index (χ2v) is 5.86. The number of halogens is 5. The van der Waals surface area contributed by atoms with Crippen LogP contribution in [0.3, 0.4) is 0 Å². The molecular weight excluding hydrogens is 390 g/mol. The van der Waals surface area contributed by atoms with Crippen LogP contribution in [0, 0.1) is 0 Å². The fraction of sp³-hybridized carbons (Fsp3) is 0.375. The van der Waals surface area contributed by atoms with E-state index in [4.69, 9.17) is 0 Å². The van der Waals surface area contributed by atoms with Crippen LogP contribution in [0.1, 0.15) is 12.1 Å². The molecule has 6 nitrogen and oxygen atoms in total. The summed E-state index contributed by atoms with van der Waals surface area (Å²) in [6.07, 6.45) is -3.08. The monoisotopic (exact) mass is 405 g/mol. The van der Waals surface area contributed by atoms with Gasteiger partial charge in [0.1, 0.15) is 11.9 Å². The molecule has 1 saturated heterocycles. The SMILES string of the molecule is CN(C(=O)C1CC(F)CN1)c1nccc(-c2ccc(C(F)(F)F)nc2)n1.Cl. The first kappa shape index (κ1) is 21.0. The largest absolute Gasteiger partial charge is 0.433 e. The summed E-state index contributed by atoms with van der Waals surface area (Å²) in [4.78, 5) is 25.2. The minimum atomic E-state index is -4.52. The Morgan fingerprint density at radius 2 is 2.00 bits per heavy atom. The van der Waals surface area contributed by atoms with E-state index in [0.29, 0.717) is 11.3 Å². The van der Waals surface area contributed by atoms with Crippen molar-refractivity contribution >= 4 is 24.3 Å². The molecule has 11 heteroatoms. The summed E-state index contributed by atoms with van der Waals surface area (Å²) in [5.41, 5.74) is -0.333. The molecule has 0 radical (unpaired) electrons. The first-order chi connectivity index (χ1) is 12.3. The van der Waals surface area contributed by atoms with Gasteiger partial charge in [-0.3, -0.25) is 14.7 Å². The van der Waals surface area contributed by atoms with Gasteiger partial charge in [-0.15, -0.1) is 12.4 Å². The quantitative estimate of drug-likeness (QED) is 0.795. The zero-order valence-electron chi connectivity index (χ0n) is 14.1. The molecule has 2 aromatic rings. The van der Waals surface area contributed by atoms with Gasteiger partial charge in [-0.1, -0.05) is 0 Å². The van der Waals surface area contributed by atoms with Crippen LogP contribution in [0.5, 0.6) is 0 Å². The van der Waals surface area contributed by atoms with Crippen molar-refractivity contribution in [1.82, 2.24) is 20.3 Å². The Hall–Kier alpha value is -2.33. The van der Waals surface area contributed by atoms with Gasteiger partial charge < -0.3 is 5.32 Å². The minimum absolute atomic E-state index is 0. The maximum atomic E-state index is 13.3. The van der Waals surface area contributed by atoms with Gasteiger partial charge in [0.25, 0.3) is 0 Å². The average Bonchev–Trinajstić information content (AvgIpc) is 3.06. The molecule has 0 aromatic carbocycles. The number of rotatable bonds is 3. The van der Waals surface area contributed by atoms with Crippen molar-refractivity contribution in [2.24, 2.45) is 0 Å². The van der Waals surface area contributed by atoms with Crippen LogP contribution in [0.15, 0.2) is 30.6 Å². The lowest BCUT2D eigenvalue weighted by molar-refractivity contribution is -0.141. The summed E-state index contributed by atoms with van der Waals surface area (Å²) in [6.45, 7) is 0.113. The molecule has 2 unspecified atom stereocenters. The molecule has 3 heterocycles. The van der Waals surface area contributed by atoms with Gasteiger partial charge in [0.2, 0.25) is 11.9 Å². The Balaban J connectivity index is 0.00000261. The van der Waals surface area contributed by atoms with Gasteiger partial charge in [0, 0.05) is 38.0 Å². The molecule has 0 spiro atoms. The van der Waals surface area contributed by atoms with Gasteiger partial charge in [-0.25, -0.2) is 14.4 Å². The van der Waals surface area contributed by atoms with Crippen molar-refractivity contribution in [2.45, 2.75) is 24.8 Å². The highest BCUT2D eigenvalue weighted by Gasteiger charge is 2.33. The van der Waals surface area contributed by atoms with Crippen molar-refractivity contribution < 1.29 is 22.4 Å². The van der Waals surface area contributed by atoms with E-state index >= 15 is 0 Å². The van der Waals surface area contributed by atoms with E-state index in [1.807, 2.05) is 0 Å². The van der Waals surface area contributed by atoms with E-state index in [1.54, 1.807) is 0 Å². The molecule has 0 bridgehead atoms. The fourth-order valence-corrected chi connectivity index (χ4v) is 2.60. The van der Waals surface area contributed by atoms with Crippen molar-refractivity contribution in [3.8, 4) is 11.3 Å². The molecule has 1 aliphatic heterocycles. The third kappa shape index (κ3) is 4.69. The van der Waals surface area contributed by atoms with Crippen molar-refractivity contribution in [3.63, 3.8) is 0 Å². The molecular formula is C16H16ClF4N5O. The number of carbonyl (C=O) groups excluding carboxylic acids is 1. The lowest BCUT2D eigenvalue weighted by Gasteiger charge is -2.19. The van der Waals surface area contributed by atoms with Crippen LogP contribution in [0.25, 0.3) is 11.3 Å². The number of nitrogens with zero attached hydrogens (tertiary/aromatic N) is 4. The third-order valence-electron chi connectivity index (χ3n) is 4.00. The highest BCUT2D eigenvalue weighted by molar-refractivity contribution is 5.95. The number of alkyl halides is 4. The fourth-order valence-electron chi connectivity index (χ4n) is 2.60. The summed E-state index contributed by atoms with van der Waals surface area (Å²) in [6, 6.07) is 2.94. The number of hydrogen-bond donors (Lipinski definition) is 1. The van der Waals surface area contributed by atoms with E-state index in [2.05, 4.69) is 20.3 Å². The van der Waals surface area contributed by atoms with Crippen molar-refractivity contribution in [2.75, 3.05) is 18.5 Å². The molecule has 2 atom stereocenters. The van der Waals surface area contributed by atoms with E-state index < -0.39 is 24.1 Å². The number of amides is 1. The Kier molecular flexibility index (Phi) is 6.32. The molecule has 146 valence electrons. The number of hydrogen-bond acceptors (Lipinski definition) is 5. The molecule has 27 heavy (non-hydrogen) atoms. The molecule has 1 fully saturated rings. The lowest BCUT2D eigenvalue weighted by Crippen LogP contribution is -2.42. The van der Waals surface area contributed by atoms with E-state index in [-0.39, 0.29) is 37.2 Å². The third-order valence-corrected chi connectivity index (χ3v) is 4.00. The Labute approximate surface area is 158 Å². The molecule has 0 saturated carbocycles. The highest BCUT2D eigenvalue weighted by Crippen LogP contribution is 2.28. The van der Waals surface area contributed by atoms with Gasteiger partial charge in [-0.2, -0.15) is 13.2 Å². The molecule has 2 aromatic heterocycles. The molecule has 3 rings (SSSR count). The van der Waals surface area contributed by atoms with Crippen LogP contribution in [-0.2, 0) is 11.0 Å². The van der Waals surface area contributed by atoms with Crippen LogP contribution in [0.4, 0.5) is 23.5 Å². The number of anilines is 1. The Morgan fingerprint density at radius 3 is 2.56 bits per heavy atom. The number of nitrogens with one attached hydrogen (secondary N) is 1. The summed E-state index contributed by atoms with van der Waals surface area (Å²) in [5, 5.41) is 2.79. The van der Waals surface area contributed by atoms with Crippen molar-refractivity contribution in [1.29, 1.82) is 0 Å². The lowest BCUT2D eigenvalue weighted by atomic mass is 10.2. The smallest absolute Gasteiger partial charge is 0.303 e. The second-order valence-electron chi connectivity index (χ2n) is 5.86. The number of carbonyl (C=O) groups is 1. The number of likely N-dealkylation sites (N-methyl/N-ethyl adjacent to an activating group) is 1. The first-order valence-corrected chi connectivity index (χ1v) is 7.77. The van der Waals surface area contributed by atoms with Gasteiger partial charge in [0.05, 0.1) is 11.7 Å². The second kappa shape index (κ2) is 8.13. The van der Waals surface area contributed by atoms with Gasteiger partial charge in [-0.05, 0) is 18.2 Å². The van der Waals surface area contributed by atoms with E-state index in [0.717, 1.165) is 12.3 Å². The standard InChI is InChI=1S/C16H15F4N5O.ClH/c1-25(14(26)12-6-10(17)8-22-12)15-21-5-4-11(24-15)9-2-3-13(23-7-9)16(18,19)20;/h2-5,7,10,12,22H,6,8H2,1H3;1H. The zero-order valence-corrected chi connectivity index (χ0v) is 14.9. The minimum Gasteiger partial charge on any atom is -0.303 e. The number of aromatic nitrogens is 3. The summed E-state index contributed by atoms with van der Waals surface area (Å²) in [5.74, 6) is -0.315. The maximum absolute atomic E-state index is 13.3. The average molecular weight is 406 g/mol. The molecule has 1 aliphatic rings. The first-order valence-electron chi connectivity index (χ1n) is 7.77. The predicted octanol–water partition coefficient (Wildman–Crippen LogP) is 2.64. The summed E-state index contributed by atoms with van der Waals surface area (Å²) >= 11 is 0. The van der Waals surface area contributed by atoms with Gasteiger partial charge in [0.15, 0.2) is 0 Å². The summed E-state index contributed by atoms with van der Waals surface area (Å²) in [7, 11) is 1.46. The number of pyridine rings is 1. The van der Waals surface area contributed by atoms with E-state index in [1.165, 1.54) is 30.3 Å². The molecule has 1 amide bonds.